The molecule has 246 valence electrons. The summed E-state index contributed by atoms with van der Waals surface area (Å²) in [6.45, 7) is 0. The maximum Gasteiger partial charge on any atom is 0.164 e. The van der Waals surface area contributed by atoms with Crippen LogP contribution in [0.3, 0.4) is 0 Å². The fourth-order valence-corrected chi connectivity index (χ4v) is 8.69. The van der Waals surface area contributed by atoms with Crippen molar-refractivity contribution < 1.29 is 0 Å². The predicted octanol–water partition coefficient (Wildman–Crippen LogP) is 12.3. The smallest absolute Gasteiger partial charge is 0.164 e. The van der Waals surface area contributed by atoms with E-state index in [1.54, 1.807) is 0 Å². The van der Waals surface area contributed by atoms with Crippen LogP contribution in [0.2, 0.25) is 5.02 Å². The maximum atomic E-state index is 6.56. The van der Waals surface area contributed by atoms with Gasteiger partial charge in [0, 0.05) is 54.4 Å². The van der Waals surface area contributed by atoms with Crippen LogP contribution in [0.5, 0.6) is 0 Å². The first-order valence-electron chi connectivity index (χ1n) is 17.3. The summed E-state index contributed by atoms with van der Waals surface area (Å²) < 4.78 is 2.35. The summed E-state index contributed by atoms with van der Waals surface area (Å²) in [4.78, 5) is 17.4. The highest BCUT2D eigenvalue weighted by atomic mass is 35.5. The van der Waals surface area contributed by atoms with E-state index in [1.807, 2.05) is 84.6 Å². The fourth-order valence-electron chi connectivity index (χ4n) is 7.24. The van der Waals surface area contributed by atoms with Crippen molar-refractivity contribution >= 4 is 45.2 Å². The topological polar surface area (TPSA) is 43.6 Å². The van der Waals surface area contributed by atoms with Crippen LogP contribution in [0.25, 0.3) is 72.8 Å². The lowest BCUT2D eigenvalue weighted by Gasteiger charge is -2.20. The van der Waals surface area contributed by atoms with Gasteiger partial charge in [-0.1, -0.05) is 139 Å². The molecule has 0 amide bonds. The zero-order valence-corrected chi connectivity index (χ0v) is 29.4. The largest absolute Gasteiger partial charge is 0.309 e. The summed E-state index contributed by atoms with van der Waals surface area (Å²) >= 11 is 8.37. The van der Waals surface area contributed by atoms with Crippen LogP contribution >= 0.6 is 23.4 Å². The number of fused-ring (bicyclic) bond motifs is 5. The van der Waals surface area contributed by atoms with Crippen LogP contribution in [0.1, 0.15) is 11.1 Å². The summed E-state index contributed by atoms with van der Waals surface area (Å²) in [7, 11) is 0. The molecule has 9 aromatic rings. The molecule has 0 radical (unpaired) electrons. The van der Waals surface area contributed by atoms with Gasteiger partial charge >= 0.3 is 0 Å². The Bertz CT molecular complexity index is 2750. The van der Waals surface area contributed by atoms with E-state index < -0.39 is 0 Å². The summed E-state index contributed by atoms with van der Waals surface area (Å²) in [6.07, 6.45) is 0.856. The lowest BCUT2D eigenvalue weighted by Crippen LogP contribution is -2.01. The third-order valence-electron chi connectivity index (χ3n) is 9.80. The SMILES string of the molecule is Clc1cccc2c1Cc1ccc(-c3ccc4c(c3)c3ccccc3n4-c3cccc(-c4nc(-c5ccccc5)nc(-c5ccccc5)n4)c3)cc1S2. The number of halogens is 1. The number of aromatic nitrogens is 4. The third kappa shape index (κ3) is 5.37. The molecule has 52 heavy (non-hydrogen) atoms. The normalized spacial score (nSPS) is 12.2. The van der Waals surface area contributed by atoms with Gasteiger partial charge in [-0.25, -0.2) is 15.0 Å². The van der Waals surface area contributed by atoms with Gasteiger partial charge in [0.25, 0.3) is 0 Å². The molecule has 6 heteroatoms. The second kappa shape index (κ2) is 12.6. The molecular weight excluding hydrogens is 676 g/mol. The van der Waals surface area contributed by atoms with Crippen LogP contribution in [0.4, 0.5) is 0 Å². The van der Waals surface area contributed by atoms with E-state index in [-0.39, 0.29) is 0 Å². The van der Waals surface area contributed by atoms with Crippen LogP contribution in [0.15, 0.2) is 174 Å². The van der Waals surface area contributed by atoms with Crippen molar-refractivity contribution in [2.45, 2.75) is 16.2 Å². The number of hydrogen-bond donors (Lipinski definition) is 0. The van der Waals surface area contributed by atoms with Crippen molar-refractivity contribution in [2.24, 2.45) is 0 Å². The minimum Gasteiger partial charge on any atom is -0.309 e. The Morgan fingerprint density at radius 3 is 1.85 bits per heavy atom. The van der Waals surface area contributed by atoms with Crippen LogP contribution in [0, 0.1) is 0 Å². The molecule has 4 nitrogen and oxygen atoms in total. The van der Waals surface area contributed by atoms with Gasteiger partial charge in [-0.2, -0.15) is 0 Å². The highest BCUT2D eigenvalue weighted by Crippen LogP contribution is 2.44. The Morgan fingerprint density at radius 1 is 0.462 bits per heavy atom. The van der Waals surface area contributed by atoms with Crippen molar-refractivity contribution in [3.8, 4) is 51.0 Å². The number of para-hydroxylation sites is 1. The Hall–Kier alpha value is -6.01. The predicted molar refractivity (Wildman–Crippen MR) is 214 cm³/mol. The highest BCUT2D eigenvalue weighted by Gasteiger charge is 2.20. The molecule has 0 aliphatic carbocycles. The third-order valence-corrected chi connectivity index (χ3v) is 11.4. The molecule has 3 heterocycles. The van der Waals surface area contributed by atoms with Crippen molar-refractivity contribution in [3.63, 3.8) is 0 Å². The van der Waals surface area contributed by atoms with Gasteiger partial charge < -0.3 is 4.57 Å². The quantitative estimate of drug-likeness (QED) is 0.179. The molecule has 0 saturated carbocycles. The van der Waals surface area contributed by atoms with Gasteiger partial charge in [0.15, 0.2) is 17.5 Å². The molecule has 10 rings (SSSR count). The van der Waals surface area contributed by atoms with Gasteiger partial charge in [0.05, 0.1) is 11.0 Å². The van der Waals surface area contributed by atoms with E-state index in [2.05, 4.69) is 95.6 Å². The molecule has 0 atom stereocenters. The Balaban J connectivity index is 1.08. The number of benzene rings is 7. The van der Waals surface area contributed by atoms with Gasteiger partial charge in [0.1, 0.15) is 0 Å². The molecule has 0 saturated heterocycles. The monoisotopic (exact) mass is 704 g/mol. The molecule has 1 aliphatic heterocycles. The molecule has 1 aliphatic rings. The van der Waals surface area contributed by atoms with Gasteiger partial charge in [0.2, 0.25) is 0 Å². The molecule has 2 aromatic heterocycles. The van der Waals surface area contributed by atoms with E-state index in [9.17, 15) is 0 Å². The van der Waals surface area contributed by atoms with Crippen molar-refractivity contribution in [1.29, 1.82) is 0 Å². The van der Waals surface area contributed by atoms with E-state index in [1.165, 1.54) is 42.8 Å². The molecule has 0 spiro atoms. The fraction of sp³-hybridized carbons (Fsp3) is 0.0217. The number of hydrogen-bond acceptors (Lipinski definition) is 4. The molecule has 0 bridgehead atoms. The first-order valence-corrected chi connectivity index (χ1v) is 18.5. The lowest BCUT2D eigenvalue weighted by molar-refractivity contribution is 1.06. The van der Waals surface area contributed by atoms with E-state index in [0.717, 1.165) is 44.9 Å². The van der Waals surface area contributed by atoms with Crippen LogP contribution in [-0.2, 0) is 6.42 Å². The van der Waals surface area contributed by atoms with Crippen molar-refractivity contribution in [3.05, 3.63) is 180 Å². The summed E-state index contributed by atoms with van der Waals surface area (Å²) in [5.74, 6) is 1.92. The summed E-state index contributed by atoms with van der Waals surface area (Å²) in [6, 6.07) is 57.2. The van der Waals surface area contributed by atoms with E-state index >= 15 is 0 Å². The molecule has 0 unspecified atom stereocenters. The first kappa shape index (κ1) is 30.8. The molecular formula is C46H29ClN4S. The Labute approximate surface area is 310 Å². The molecule has 7 aromatic carbocycles. The Kier molecular flexibility index (Phi) is 7.48. The van der Waals surface area contributed by atoms with E-state index in [0.29, 0.717) is 17.5 Å². The first-order chi connectivity index (χ1) is 25.7. The average Bonchev–Trinajstić information content (AvgIpc) is 3.54. The van der Waals surface area contributed by atoms with Crippen LogP contribution < -0.4 is 0 Å². The molecule has 0 N–H and O–H groups in total. The van der Waals surface area contributed by atoms with Gasteiger partial charge in [-0.15, -0.1) is 0 Å². The summed E-state index contributed by atoms with van der Waals surface area (Å²) in [5.41, 5.74) is 11.1. The number of nitrogens with zero attached hydrogens (tertiary/aromatic N) is 4. The number of rotatable bonds is 5. The van der Waals surface area contributed by atoms with Crippen molar-refractivity contribution in [2.75, 3.05) is 0 Å². The maximum absolute atomic E-state index is 6.56. The lowest BCUT2D eigenvalue weighted by atomic mass is 9.98. The Morgan fingerprint density at radius 2 is 1.08 bits per heavy atom. The van der Waals surface area contributed by atoms with Crippen LogP contribution in [-0.4, -0.2) is 19.5 Å². The van der Waals surface area contributed by atoms with Gasteiger partial charge in [-0.05, 0) is 70.8 Å². The standard InChI is InChI=1S/C46H29ClN4S/c47-39-18-10-20-42-38(39)27-33-22-21-32(28-43(33)52-42)31-23-24-41-37(26-31)36-17-7-8-19-40(36)51(41)35-16-9-15-34(25-35)46-49-44(29-11-3-1-4-12-29)48-45(50-46)30-13-5-2-6-14-30/h1-26,28H,27H2. The second-order valence-electron chi connectivity index (χ2n) is 13.0. The second-order valence-corrected chi connectivity index (χ2v) is 14.5. The van der Waals surface area contributed by atoms with E-state index in [4.69, 9.17) is 26.6 Å². The zero-order chi connectivity index (χ0) is 34.6. The zero-order valence-electron chi connectivity index (χ0n) is 27.9. The minimum absolute atomic E-state index is 0.632. The molecule has 0 fully saturated rings. The average molecular weight is 705 g/mol. The highest BCUT2D eigenvalue weighted by molar-refractivity contribution is 7.99. The van der Waals surface area contributed by atoms with Gasteiger partial charge in [-0.3, -0.25) is 0 Å². The summed E-state index contributed by atoms with van der Waals surface area (Å²) in [5, 5.41) is 3.26. The van der Waals surface area contributed by atoms with Crippen molar-refractivity contribution in [1.82, 2.24) is 19.5 Å². The minimum atomic E-state index is 0.632.